The zero-order valence-corrected chi connectivity index (χ0v) is 19.8. The van der Waals surface area contributed by atoms with Crippen molar-refractivity contribution in [2.45, 2.75) is 25.7 Å². The lowest BCUT2D eigenvalue weighted by Gasteiger charge is -2.34. The van der Waals surface area contributed by atoms with E-state index in [2.05, 4.69) is 0 Å². The maximum absolute atomic E-state index is 13.2. The first kappa shape index (κ1) is 24.5. The fourth-order valence-electron chi connectivity index (χ4n) is 3.83. The summed E-state index contributed by atoms with van der Waals surface area (Å²) < 4.78 is 38.2. The SMILES string of the molecule is CCOc1cc(C(=O)N2CCN(S(=O)(=O)c3ccc(C)cc3C)CC2)c([N+](=O)[O-])cc1OC. The van der Waals surface area contributed by atoms with Crippen LogP contribution in [0.5, 0.6) is 11.5 Å². The monoisotopic (exact) mass is 477 g/mol. The third-order valence-corrected chi connectivity index (χ3v) is 7.54. The van der Waals surface area contributed by atoms with Gasteiger partial charge in [0.15, 0.2) is 11.5 Å². The highest BCUT2D eigenvalue weighted by molar-refractivity contribution is 7.89. The van der Waals surface area contributed by atoms with Gasteiger partial charge in [-0.25, -0.2) is 8.42 Å². The number of carbonyl (C=O) groups is 1. The average molecular weight is 478 g/mol. The molecule has 1 amide bonds. The van der Waals surface area contributed by atoms with Gasteiger partial charge >= 0.3 is 0 Å². The first-order valence-electron chi connectivity index (χ1n) is 10.5. The molecule has 2 aromatic carbocycles. The fraction of sp³-hybridized carbons (Fsp3) is 0.409. The van der Waals surface area contributed by atoms with Gasteiger partial charge in [0.2, 0.25) is 10.0 Å². The number of hydrogen-bond acceptors (Lipinski definition) is 7. The molecule has 178 valence electrons. The summed E-state index contributed by atoms with van der Waals surface area (Å²) in [5.74, 6) is -0.177. The van der Waals surface area contributed by atoms with E-state index in [1.807, 2.05) is 13.0 Å². The van der Waals surface area contributed by atoms with Crippen LogP contribution in [0.2, 0.25) is 0 Å². The van der Waals surface area contributed by atoms with Gasteiger partial charge in [-0.1, -0.05) is 17.7 Å². The minimum atomic E-state index is -3.72. The van der Waals surface area contributed by atoms with E-state index in [0.29, 0.717) is 5.56 Å². The Morgan fingerprint density at radius 1 is 1.09 bits per heavy atom. The number of hydrogen-bond donors (Lipinski definition) is 0. The molecule has 11 heteroatoms. The molecule has 10 nitrogen and oxygen atoms in total. The van der Waals surface area contributed by atoms with Gasteiger partial charge in [-0.3, -0.25) is 14.9 Å². The lowest BCUT2D eigenvalue weighted by molar-refractivity contribution is -0.385. The molecule has 0 saturated carbocycles. The Hall–Kier alpha value is -3.18. The minimum absolute atomic E-state index is 0.0870. The number of methoxy groups -OCH3 is 1. The van der Waals surface area contributed by atoms with E-state index in [0.717, 1.165) is 5.56 Å². The third-order valence-electron chi connectivity index (χ3n) is 5.48. The minimum Gasteiger partial charge on any atom is -0.493 e. The zero-order valence-electron chi connectivity index (χ0n) is 19.0. The Bertz CT molecular complexity index is 1170. The Morgan fingerprint density at radius 3 is 2.30 bits per heavy atom. The normalized spacial score (nSPS) is 14.7. The molecule has 0 bridgehead atoms. The number of nitrogens with zero attached hydrogens (tertiary/aromatic N) is 3. The summed E-state index contributed by atoms with van der Waals surface area (Å²) >= 11 is 0. The van der Waals surface area contributed by atoms with Gasteiger partial charge in [0, 0.05) is 32.2 Å². The van der Waals surface area contributed by atoms with E-state index in [1.54, 1.807) is 26.0 Å². The van der Waals surface area contributed by atoms with Crippen LogP contribution in [0.3, 0.4) is 0 Å². The quantitative estimate of drug-likeness (QED) is 0.444. The number of nitro benzene ring substituents is 1. The standard InChI is InChI=1S/C22H27N3O7S/c1-5-32-20-13-17(18(25(27)28)14-19(20)31-4)22(26)23-8-10-24(11-9-23)33(29,30)21-7-6-15(2)12-16(21)3/h6-7,12-14H,5,8-11H2,1-4H3. The molecule has 0 unspecified atom stereocenters. The van der Waals surface area contributed by atoms with Crippen LogP contribution >= 0.6 is 0 Å². The highest BCUT2D eigenvalue weighted by Gasteiger charge is 2.34. The summed E-state index contributed by atoms with van der Waals surface area (Å²) in [6.07, 6.45) is 0. The summed E-state index contributed by atoms with van der Waals surface area (Å²) in [5, 5.41) is 11.6. The molecule has 1 heterocycles. The van der Waals surface area contributed by atoms with Crippen LogP contribution in [-0.4, -0.2) is 68.3 Å². The number of nitro groups is 1. The predicted molar refractivity (Wildman–Crippen MR) is 121 cm³/mol. The van der Waals surface area contributed by atoms with Crippen LogP contribution in [-0.2, 0) is 10.0 Å². The molecule has 1 aliphatic rings. The van der Waals surface area contributed by atoms with Gasteiger partial charge in [-0.15, -0.1) is 0 Å². The van der Waals surface area contributed by atoms with E-state index in [-0.39, 0.29) is 54.7 Å². The van der Waals surface area contributed by atoms with Crippen molar-refractivity contribution in [3.05, 3.63) is 57.1 Å². The van der Waals surface area contributed by atoms with Gasteiger partial charge in [0.05, 0.1) is 29.6 Å². The van der Waals surface area contributed by atoms with E-state index in [1.165, 1.54) is 28.4 Å². The van der Waals surface area contributed by atoms with Gasteiger partial charge in [0.25, 0.3) is 11.6 Å². The topological polar surface area (TPSA) is 119 Å². The molecule has 0 aliphatic carbocycles. The van der Waals surface area contributed by atoms with Gasteiger partial charge in [-0.05, 0) is 32.4 Å². The maximum Gasteiger partial charge on any atom is 0.286 e. The third kappa shape index (κ3) is 4.93. The number of rotatable bonds is 7. The maximum atomic E-state index is 13.2. The first-order chi connectivity index (χ1) is 15.6. The molecule has 0 aromatic heterocycles. The number of benzene rings is 2. The molecule has 3 rings (SSSR count). The van der Waals surface area contributed by atoms with Crippen LogP contribution in [0, 0.1) is 24.0 Å². The van der Waals surface area contributed by atoms with E-state index in [4.69, 9.17) is 9.47 Å². The van der Waals surface area contributed by atoms with Crippen molar-refractivity contribution in [2.75, 3.05) is 39.9 Å². The molecular weight excluding hydrogens is 450 g/mol. The second-order valence-corrected chi connectivity index (χ2v) is 9.58. The number of sulfonamides is 1. The van der Waals surface area contributed by atoms with Crippen molar-refractivity contribution in [3.8, 4) is 11.5 Å². The molecule has 0 spiro atoms. The molecule has 2 aromatic rings. The van der Waals surface area contributed by atoms with E-state index < -0.39 is 26.5 Å². The van der Waals surface area contributed by atoms with Crippen LogP contribution in [0.1, 0.15) is 28.4 Å². The smallest absolute Gasteiger partial charge is 0.286 e. The lowest BCUT2D eigenvalue weighted by atomic mass is 10.1. The molecule has 0 radical (unpaired) electrons. The number of piperazine rings is 1. The number of amides is 1. The van der Waals surface area contributed by atoms with Crippen molar-refractivity contribution in [1.29, 1.82) is 0 Å². The molecule has 33 heavy (non-hydrogen) atoms. The van der Waals surface area contributed by atoms with Crippen molar-refractivity contribution < 1.29 is 27.6 Å². The van der Waals surface area contributed by atoms with E-state index >= 15 is 0 Å². The summed E-state index contributed by atoms with van der Waals surface area (Å²) in [5.41, 5.74) is 1.10. The summed E-state index contributed by atoms with van der Waals surface area (Å²) in [4.78, 5) is 25.8. The molecule has 0 atom stereocenters. The van der Waals surface area contributed by atoms with Crippen molar-refractivity contribution in [1.82, 2.24) is 9.21 Å². The largest absolute Gasteiger partial charge is 0.493 e. The summed E-state index contributed by atoms with van der Waals surface area (Å²) in [6, 6.07) is 7.62. The average Bonchev–Trinajstić information content (AvgIpc) is 2.78. The highest BCUT2D eigenvalue weighted by Crippen LogP contribution is 2.35. The Balaban J connectivity index is 1.83. The lowest BCUT2D eigenvalue weighted by Crippen LogP contribution is -2.50. The molecule has 1 fully saturated rings. The molecule has 0 N–H and O–H groups in total. The van der Waals surface area contributed by atoms with Crippen LogP contribution in [0.25, 0.3) is 0 Å². The first-order valence-corrected chi connectivity index (χ1v) is 11.9. The van der Waals surface area contributed by atoms with Gasteiger partial charge in [0.1, 0.15) is 5.56 Å². The Morgan fingerprint density at radius 2 is 1.76 bits per heavy atom. The predicted octanol–water partition coefficient (Wildman–Crippen LogP) is 2.77. The highest BCUT2D eigenvalue weighted by atomic mass is 32.2. The second kappa shape index (κ2) is 9.75. The summed E-state index contributed by atoms with van der Waals surface area (Å²) in [7, 11) is -2.36. The second-order valence-electron chi connectivity index (χ2n) is 7.68. The van der Waals surface area contributed by atoms with Crippen LogP contribution in [0.15, 0.2) is 35.2 Å². The van der Waals surface area contributed by atoms with Crippen molar-refractivity contribution >= 4 is 21.6 Å². The molecule has 1 saturated heterocycles. The van der Waals surface area contributed by atoms with E-state index in [9.17, 15) is 23.3 Å². The Labute approximate surface area is 192 Å². The zero-order chi connectivity index (χ0) is 24.3. The van der Waals surface area contributed by atoms with Gasteiger partial charge in [-0.2, -0.15) is 4.31 Å². The number of carbonyl (C=O) groups excluding carboxylic acids is 1. The fourth-order valence-corrected chi connectivity index (χ4v) is 5.46. The molecular formula is C22H27N3O7S. The Kier molecular flexibility index (Phi) is 7.23. The van der Waals surface area contributed by atoms with Crippen molar-refractivity contribution in [3.63, 3.8) is 0 Å². The molecule has 1 aliphatic heterocycles. The van der Waals surface area contributed by atoms with Gasteiger partial charge < -0.3 is 14.4 Å². The number of aryl methyl sites for hydroxylation is 2. The summed E-state index contributed by atoms with van der Waals surface area (Å²) in [6.45, 7) is 6.07. The number of ether oxygens (including phenoxy) is 2. The van der Waals surface area contributed by atoms with Crippen LogP contribution < -0.4 is 9.47 Å². The van der Waals surface area contributed by atoms with Crippen LogP contribution in [0.4, 0.5) is 5.69 Å². The van der Waals surface area contributed by atoms with Crippen molar-refractivity contribution in [2.24, 2.45) is 0 Å².